The van der Waals surface area contributed by atoms with Crippen molar-refractivity contribution in [2.75, 3.05) is 13.1 Å². The molecule has 0 radical (unpaired) electrons. The summed E-state index contributed by atoms with van der Waals surface area (Å²) in [6.07, 6.45) is 0.847. The predicted molar refractivity (Wildman–Crippen MR) is 121 cm³/mol. The van der Waals surface area contributed by atoms with Gasteiger partial charge in [-0.2, -0.15) is 13.2 Å². The summed E-state index contributed by atoms with van der Waals surface area (Å²) in [6, 6.07) is 13.0. The number of aliphatic hydroxyl groups excluding tert-OH is 1. The number of amides is 1. The van der Waals surface area contributed by atoms with Gasteiger partial charge in [0.15, 0.2) is 0 Å². The first kappa shape index (κ1) is 22.7. The number of alkyl halides is 3. The van der Waals surface area contributed by atoms with Gasteiger partial charge in [0.05, 0.1) is 42.3 Å². The highest BCUT2D eigenvalue weighted by atomic mass is 19.4. The average Bonchev–Trinajstić information content (AvgIpc) is 3.41. The third kappa shape index (κ3) is 4.34. The van der Waals surface area contributed by atoms with E-state index in [4.69, 9.17) is 0 Å². The standard InChI is InChI=1S/C26H26F3N3O2/c27-26(28,29)19-7-5-17(6-8-19)13-25(34)31-11-9-18(10-12-31)24(33)14-22-20-3-1-2-4-21(20)23-15-30-16-32(22)23/h1-8,15-16,18,22,24,33H,9-14H2/t22-,24?/m0/s1. The lowest BCUT2D eigenvalue weighted by Gasteiger charge is -2.35. The largest absolute Gasteiger partial charge is 0.416 e. The van der Waals surface area contributed by atoms with Gasteiger partial charge in [0.25, 0.3) is 0 Å². The number of carbonyl (C=O) groups excluding carboxylic acids is 1. The minimum atomic E-state index is -4.38. The molecule has 2 atom stereocenters. The van der Waals surface area contributed by atoms with E-state index in [2.05, 4.69) is 21.7 Å². The number of likely N-dealkylation sites (tertiary alicyclic amines) is 1. The van der Waals surface area contributed by atoms with E-state index in [1.807, 2.05) is 24.7 Å². The quantitative estimate of drug-likeness (QED) is 0.589. The lowest BCUT2D eigenvalue weighted by molar-refractivity contribution is -0.137. The summed E-state index contributed by atoms with van der Waals surface area (Å²) in [4.78, 5) is 18.7. The van der Waals surface area contributed by atoms with Crippen LogP contribution < -0.4 is 0 Å². The van der Waals surface area contributed by atoms with Gasteiger partial charge in [-0.1, -0.05) is 36.4 Å². The van der Waals surface area contributed by atoms with Crippen molar-refractivity contribution in [3.05, 3.63) is 77.7 Å². The van der Waals surface area contributed by atoms with Crippen LogP contribution in [0.1, 0.15) is 42.0 Å². The summed E-state index contributed by atoms with van der Waals surface area (Å²) in [6.45, 7) is 1.08. The second-order valence-corrected chi connectivity index (χ2v) is 9.18. The van der Waals surface area contributed by atoms with Crippen molar-refractivity contribution < 1.29 is 23.1 Å². The third-order valence-electron chi connectivity index (χ3n) is 7.14. The fraction of sp³-hybridized carbons (Fsp3) is 0.385. The van der Waals surface area contributed by atoms with Crippen molar-refractivity contribution in [1.82, 2.24) is 14.5 Å². The maximum Gasteiger partial charge on any atom is 0.416 e. The van der Waals surface area contributed by atoms with Gasteiger partial charge in [0.1, 0.15) is 0 Å². The first-order valence-corrected chi connectivity index (χ1v) is 11.5. The van der Waals surface area contributed by atoms with Crippen LogP contribution in [0, 0.1) is 5.92 Å². The van der Waals surface area contributed by atoms with Gasteiger partial charge >= 0.3 is 6.18 Å². The minimum Gasteiger partial charge on any atom is -0.393 e. The zero-order valence-corrected chi connectivity index (χ0v) is 18.6. The van der Waals surface area contributed by atoms with Crippen molar-refractivity contribution in [2.24, 2.45) is 5.92 Å². The predicted octanol–water partition coefficient (Wildman–Crippen LogP) is 4.70. The van der Waals surface area contributed by atoms with Crippen LogP contribution >= 0.6 is 0 Å². The van der Waals surface area contributed by atoms with Gasteiger partial charge in [0.2, 0.25) is 5.91 Å². The highest BCUT2D eigenvalue weighted by molar-refractivity contribution is 5.78. The first-order chi connectivity index (χ1) is 16.3. The van der Waals surface area contributed by atoms with Gasteiger partial charge in [-0.25, -0.2) is 4.98 Å². The molecule has 1 saturated heterocycles. The van der Waals surface area contributed by atoms with Crippen LogP contribution in [-0.4, -0.2) is 44.7 Å². The van der Waals surface area contributed by atoms with E-state index < -0.39 is 17.8 Å². The fourth-order valence-electron chi connectivity index (χ4n) is 5.23. The molecular formula is C26H26F3N3O2. The Kier molecular flexibility index (Phi) is 5.93. The van der Waals surface area contributed by atoms with Crippen LogP contribution in [0.3, 0.4) is 0 Å². The van der Waals surface area contributed by atoms with Crippen molar-refractivity contribution in [3.8, 4) is 11.3 Å². The van der Waals surface area contributed by atoms with Gasteiger partial charge in [-0.15, -0.1) is 0 Å². The van der Waals surface area contributed by atoms with Gasteiger partial charge < -0.3 is 14.6 Å². The second-order valence-electron chi connectivity index (χ2n) is 9.18. The molecule has 3 heterocycles. The maximum absolute atomic E-state index is 12.7. The summed E-state index contributed by atoms with van der Waals surface area (Å²) in [5, 5.41) is 11.0. The zero-order chi connectivity index (χ0) is 23.9. The SMILES string of the molecule is O=C(Cc1ccc(C(F)(F)F)cc1)N1CCC(C(O)C[C@H]2c3ccccc3-c3cncn32)CC1. The molecule has 2 aliphatic heterocycles. The Hall–Kier alpha value is -3.13. The molecule has 2 aromatic carbocycles. The molecule has 5 nitrogen and oxygen atoms in total. The zero-order valence-electron chi connectivity index (χ0n) is 18.6. The molecule has 1 aromatic heterocycles. The molecule has 1 fully saturated rings. The van der Waals surface area contributed by atoms with Crippen LogP contribution in [0.4, 0.5) is 13.2 Å². The molecule has 0 aliphatic carbocycles. The molecule has 5 rings (SSSR count). The molecule has 1 N–H and O–H groups in total. The molecule has 1 amide bonds. The van der Waals surface area contributed by atoms with Crippen LogP contribution in [0.2, 0.25) is 0 Å². The first-order valence-electron chi connectivity index (χ1n) is 11.5. The number of nitrogens with zero attached hydrogens (tertiary/aromatic N) is 3. The Morgan fingerprint density at radius 2 is 1.79 bits per heavy atom. The van der Waals surface area contributed by atoms with Crippen LogP contribution in [0.25, 0.3) is 11.3 Å². The van der Waals surface area contributed by atoms with Crippen molar-refractivity contribution in [3.63, 3.8) is 0 Å². The Morgan fingerprint density at radius 1 is 1.09 bits per heavy atom. The lowest BCUT2D eigenvalue weighted by atomic mass is 9.86. The monoisotopic (exact) mass is 469 g/mol. The summed E-state index contributed by atoms with van der Waals surface area (Å²) in [7, 11) is 0. The smallest absolute Gasteiger partial charge is 0.393 e. The van der Waals surface area contributed by atoms with Crippen molar-refractivity contribution in [1.29, 1.82) is 0 Å². The molecule has 2 aliphatic rings. The van der Waals surface area contributed by atoms with Crippen molar-refractivity contribution >= 4 is 5.91 Å². The van der Waals surface area contributed by atoms with Crippen LogP contribution in [0.5, 0.6) is 0 Å². The number of piperidine rings is 1. The molecule has 0 saturated carbocycles. The minimum absolute atomic E-state index is 0.0445. The van der Waals surface area contributed by atoms with Gasteiger partial charge in [0, 0.05) is 18.7 Å². The summed E-state index contributed by atoms with van der Waals surface area (Å²) in [5.41, 5.74) is 3.27. The van der Waals surface area contributed by atoms with Gasteiger partial charge in [-0.3, -0.25) is 4.79 Å². The molecule has 3 aromatic rings. The number of benzene rings is 2. The van der Waals surface area contributed by atoms with E-state index in [9.17, 15) is 23.1 Å². The maximum atomic E-state index is 12.7. The molecule has 0 spiro atoms. The fourth-order valence-corrected chi connectivity index (χ4v) is 5.23. The van der Waals surface area contributed by atoms with E-state index in [1.165, 1.54) is 17.7 Å². The molecule has 0 bridgehead atoms. The number of hydrogen-bond acceptors (Lipinski definition) is 3. The number of imidazole rings is 1. The topological polar surface area (TPSA) is 58.4 Å². The van der Waals surface area contributed by atoms with Crippen LogP contribution in [0.15, 0.2) is 61.1 Å². The number of hydrogen-bond donors (Lipinski definition) is 1. The Bertz CT molecular complexity index is 1160. The average molecular weight is 470 g/mol. The molecule has 8 heteroatoms. The number of aromatic nitrogens is 2. The van der Waals surface area contributed by atoms with Crippen LogP contribution in [-0.2, 0) is 17.4 Å². The number of aliphatic hydroxyl groups is 1. The summed E-state index contributed by atoms with van der Waals surface area (Å²) < 4.78 is 40.3. The van der Waals surface area contributed by atoms with E-state index >= 15 is 0 Å². The third-order valence-corrected chi connectivity index (χ3v) is 7.14. The highest BCUT2D eigenvalue weighted by Gasteiger charge is 2.34. The van der Waals surface area contributed by atoms with E-state index in [1.54, 1.807) is 4.90 Å². The normalized spacial score (nSPS) is 19.1. The second kappa shape index (κ2) is 8.91. The number of rotatable bonds is 5. The molecule has 1 unspecified atom stereocenters. The van der Waals surface area contributed by atoms with Gasteiger partial charge in [-0.05, 0) is 48.4 Å². The Balaban J connectivity index is 1.16. The number of halogens is 3. The van der Waals surface area contributed by atoms with E-state index in [0.717, 1.165) is 23.4 Å². The highest BCUT2D eigenvalue weighted by Crippen LogP contribution is 2.42. The number of carbonyl (C=O) groups is 1. The van der Waals surface area contributed by atoms with Crippen molar-refractivity contribution in [2.45, 2.75) is 44.0 Å². The molecular weight excluding hydrogens is 443 g/mol. The van der Waals surface area contributed by atoms with E-state index in [-0.39, 0.29) is 24.3 Å². The number of fused-ring (bicyclic) bond motifs is 3. The summed E-state index contributed by atoms with van der Waals surface area (Å²) in [5.74, 6) is -0.00433. The summed E-state index contributed by atoms with van der Waals surface area (Å²) >= 11 is 0. The molecule has 178 valence electrons. The molecule has 34 heavy (non-hydrogen) atoms. The lowest BCUT2D eigenvalue weighted by Crippen LogP contribution is -2.42. The Morgan fingerprint density at radius 3 is 2.50 bits per heavy atom. The Labute approximate surface area is 195 Å². The van der Waals surface area contributed by atoms with E-state index in [0.29, 0.717) is 37.9 Å².